The summed E-state index contributed by atoms with van der Waals surface area (Å²) in [4.78, 5) is 26.9. The summed E-state index contributed by atoms with van der Waals surface area (Å²) in [6, 6.07) is 26.3. The first-order valence-corrected chi connectivity index (χ1v) is 9.52. The highest BCUT2D eigenvalue weighted by atomic mass is 16.6. The van der Waals surface area contributed by atoms with Gasteiger partial charge in [-0.25, -0.2) is 9.69 Å². The molecule has 4 nitrogen and oxygen atoms in total. The molecule has 3 aromatic carbocycles. The number of carbonyl (C=O) groups excluding carboxylic acids is 2. The van der Waals surface area contributed by atoms with Crippen molar-refractivity contribution in [3.63, 3.8) is 0 Å². The predicted molar refractivity (Wildman–Crippen MR) is 112 cm³/mol. The van der Waals surface area contributed by atoms with Crippen LogP contribution in [0.1, 0.15) is 34.4 Å². The molecule has 0 aromatic heterocycles. The van der Waals surface area contributed by atoms with E-state index in [0.29, 0.717) is 0 Å². The van der Waals surface area contributed by atoms with Crippen LogP contribution in [0.3, 0.4) is 0 Å². The second-order valence-electron chi connectivity index (χ2n) is 7.03. The van der Waals surface area contributed by atoms with E-state index < -0.39 is 24.1 Å². The second kappa shape index (κ2) is 8.15. The lowest BCUT2D eigenvalue weighted by molar-refractivity contribution is -0.124. The van der Waals surface area contributed by atoms with Crippen LogP contribution in [-0.2, 0) is 9.53 Å². The summed E-state index contributed by atoms with van der Waals surface area (Å²) in [6.07, 6.45) is 1.97. The first-order chi connectivity index (χ1) is 14.1. The average Bonchev–Trinajstić information content (AvgIpc) is 3.10. The van der Waals surface area contributed by atoms with Crippen molar-refractivity contribution in [1.29, 1.82) is 0 Å². The van der Waals surface area contributed by atoms with Crippen LogP contribution in [0.5, 0.6) is 0 Å². The first kappa shape index (κ1) is 18.7. The van der Waals surface area contributed by atoms with Crippen LogP contribution in [-0.4, -0.2) is 16.9 Å². The maximum atomic E-state index is 13.0. The van der Waals surface area contributed by atoms with Gasteiger partial charge in [0.15, 0.2) is 6.10 Å². The molecular weight excluding hydrogens is 362 g/mol. The summed E-state index contributed by atoms with van der Waals surface area (Å²) >= 11 is 0. The molecule has 0 bridgehead atoms. The summed E-state index contributed by atoms with van der Waals surface area (Å²) < 4.78 is 5.65. The molecule has 3 aromatic rings. The predicted octanol–water partition coefficient (Wildman–Crippen LogP) is 5.47. The second-order valence-corrected chi connectivity index (χ2v) is 7.03. The van der Waals surface area contributed by atoms with Gasteiger partial charge in [-0.2, -0.15) is 0 Å². The van der Waals surface area contributed by atoms with Gasteiger partial charge in [0.05, 0.1) is 0 Å². The van der Waals surface area contributed by atoms with Gasteiger partial charge in [0.1, 0.15) is 6.04 Å². The number of aryl methyl sites for hydroxylation is 1. The number of hydrogen-bond acceptors (Lipinski definition) is 3. The summed E-state index contributed by atoms with van der Waals surface area (Å²) in [5.74, 6) is -0.399. The minimum absolute atomic E-state index is 0.399. The van der Waals surface area contributed by atoms with Gasteiger partial charge in [0.2, 0.25) is 0 Å². The van der Waals surface area contributed by atoms with Gasteiger partial charge in [-0.1, -0.05) is 90.5 Å². The van der Waals surface area contributed by atoms with E-state index in [-0.39, 0.29) is 0 Å². The highest BCUT2D eigenvalue weighted by Gasteiger charge is 2.46. The Kier molecular flexibility index (Phi) is 5.25. The van der Waals surface area contributed by atoms with Crippen molar-refractivity contribution >= 4 is 18.1 Å². The zero-order valence-corrected chi connectivity index (χ0v) is 16.1. The topological polar surface area (TPSA) is 46.6 Å². The van der Waals surface area contributed by atoms with Gasteiger partial charge in [0.25, 0.3) is 5.91 Å². The van der Waals surface area contributed by atoms with E-state index in [2.05, 4.69) is 0 Å². The van der Waals surface area contributed by atoms with Crippen LogP contribution >= 0.6 is 0 Å². The van der Waals surface area contributed by atoms with Gasteiger partial charge < -0.3 is 4.74 Å². The van der Waals surface area contributed by atoms with E-state index in [4.69, 9.17) is 4.74 Å². The lowest BCUT2D eigenvalue weighted by atomic mass is 9.95. The van der Waals surface area contributed by atoms with Crippen molar-refractivity contribution < 1.29 is 14.3 Å². The monoisotopic (exact) mass is 383 g/mol. The summed E-state index contributed by atoms with van der Waals surface area (Å²) in [5, 5.41) is 0. The van der Waals surface area contributed by atoms with E-state index in [1.807, 2.05) is 91.9 Å². The molecule has 1 aliphatic rings. The third-order valence-corrected chi connectivity index (χ3v) is 4.96. The third-order valence-electron chi connectivity index (χ3n) is 4.96. The number of imide groups is 1. The third kappa shape index (κ3) is 3.97. The molecule has 2 atom stereocenters. The quantitative estimate of drug-likeness (QED) is 0.561. The molecule has 0 saturated carbocycles. The lowest BCUT2D eigenvalue weighted by Gasteiger charge is -2.23. The molecular formula is C25H21NO3. The Labute approximate surface area is 170 Å². The molecule has 0 spiro atoms. The van der Waals surface area contributed by atoms with E-state index in [9.17, 15) is 9.59 Å². The standard InChI is InChI=1S/C25H21NO3/c1-18-9-8-10-19(17-18)15-16-22(27)26-23(20-11-4-2-5-12-20)24(29-25(26)28)21-13-6-3-7-14-21/h2-17,23-24H,1H3/b16-15+/t23-,24+/m1/s1. The number of cyclic esters (lactones) is 1. The van der Waals surface area contributed by atoms with Crippen LogP contribution in [0, 0.1) is 6.92 Å². The Bertz CT molecular complexity index is 1040. The number of hydrogen-bond donors (Lipinski definition) is 0. The minimum Gasteiger partial charge on any atom is -0.438 e. The number of carbonyl (C=O) groups is 2. The number of ether oxygens (including phenoxy) is 1. The van der Waals surface area contributed by atoms with Crippen molar-refractivity contribution in [3.05, 3.63) is 113 Å². The van der Waals surface area contributed by atoms with Crippen LogP contribution in [0.4, 0.5) is 4.79 Å². The molecule has 1 heterocycles. The van der Waals surface area contributed by atoms with E-state index in [1.54, 1.807) is 6.08 Å². The molecule has 0 N–H and O–H groups in total. The molecule has 144 valence electrons. The number of benzene rings is 3. The molecule has 1 fully saturated rings. The first-order valence-electron chi connectivity index (χ1n) is 9.52. The zero-order chi connectivity index (χ0) is 20.2. The largest absolute Gasteiger partial charge is 0.438 e. The highest BCUT2D eigenvalue weighted by Crippen LogP contribution is 2.43. The van der Waals surface area contributed by atoms with Gasteiger partial charge in [-0.3, -0.25) is 4.79 Å². The fourth-order valence-electron chi connectivity index (χ4n) is 3.59. The van der Waals surface area contributed by atoms with Crippen LogP contribution in [0.25, 0.3) is 6.08 Å². The maximum Gasteiger partial charge on any atom is 0.418 e. The van der Waals surface area contributed by atoms with Crippen LogP contribution < -0.4 is 0 Å². The minimum atomic E-state index is -0.633. The van der Waals surface area contributed by atoms with Crippen LogP contribution in [0.15, 0.2) is 91.0 Å². The number of amides is 2. The van der Waals surface area contributed by atoms with E-state index in [0.717, 1.165) is 22.3 Å². The zero-order valence-electron chi connectivity index (χ0n) is 16.1. The molecule has 29 heavy (non-hydrogen) atoms. The normalized spacial score (nSPS) is 18.8. The van der Waals surface area contributed by atoms with Crippen molar-refractivity contribution in [3.8, 4) is 0 Å². The van der Waals surface area contributed by atoms with Crippen LogP contribution in [0.2, 0.25) is 0 Å². The maximum absolute atomic E-state index is 13.0. The summed E-state index contributed by atoms with van der Waals surface area (Å²) in [5.41, 5.74) is 3.71. The Morgan fingerprint density at radius 3 is 2.21 bits per heavy atom. The van der Waals surface area contributed by atoms with Crippen molar-refractivity contribution in [2.24, 2.45) is 0 Å². The molecule has 4 heteroatoms. The Morgan fingerprint density at radius 2 is 1.55 bits per heavy atom. The fraction of sp³-hybridized carbons (Fsp3) is 0.120. The highest BCUT2D eigenvalue weighted by molar-refractivity contribution is 6.02. The smallest absolute Gasteiger partial charge is 0.418 e. The van der Waals surface area contributed by atoms with Gasteiger partial charge in [-0.05, 0) is 29.7 Å². The van der Waals surface area contributed by atoms with Gasteiger partial charge >= 0.3 is 6.09 Å². The summed E-state index contributed by atoms with van der Waals surface area (Å²) in [7, 11) is 0. The molecule has 1 saturated heterocycles. The molecule has 4 rings (SSSR count). The molecule has 0 aliphatic carbocycles. The Hall–Kier alpha value is -3.66. The van der Waals surface area contributed by atoms with Crippen molar-refractivity contribution in [2.45, 2.75) is 19.1 Å². The van der Waals surface area contributed by atoms with E-state index >= 15 is 0 Å². The number of nitrogens with zero attached hydrogens (tertiary/aromatic N) is 1. The fourth-order valence-corrected chi connectivity index (χ4v) is 3.59. The number of rotatable bonds is 4. The SMILES string of the molecule is Cc1cccc(/C=C/C(=O)N2C(=O)O[C@@H](c3ccccc3)[C@H]2c2ccccc2)c1. The average molecular weight is 383 g/mol. The van der Waals surface area contributed by atoms with Crippen molar-refractivity contribution in [1.82, 2.24) is 4.90 Å². The molecule has 2 amide bonds. The molecule has 0 radical (unpaired) electrons. The lowest BCUT2D eigenvalue weighted by Crippen LogP contribution is -2.33. The Morgan fingerprint density at radius 1 is 0.897 bits per heavy atom. The Balaban J connectivity index is 1.68. The molecule has 1 aliphatic heterocycles. The van der Waals surface area contributed by atoms with Gasteiger partial charge in [0, 0.05) is 6.08 Å². The van der Waals surface area contributed by atoms with Gasteiger partial charge in [-0.15, -0.1) is 0 Å². The van der Waals surface area contributed by atoms with E-state index in [1.165, 1.54) is 11.0 Å². The summed E-state index contributed by atoms with van der Waals surface area (Å²) in [6.45, 7) is 1.99. The molecule has 0 unspecified atom stereocenters. The van der Waals surface area contributed by atoms with Crippen molar-refractivity contribution in [2.75, 3.05) is 0 Å².